The normalized spacial score (nSPS) is 12.2. The highest BCUT2D eigenvalue weighted by Crippen LogP contribution is 2.28. The van der Waals surface area contributed by atoms with Crippen molar-refractivity contribution in [2.75, 3.05) is 13.2 Å². The molecule has 5 nitrogen and oxygen atoms in total. The van der Waals surface area contributed by atoms with Crippen molar-refractivity contribution in [3.8, 4) is 5.75 Å². The van der Waals surface area contributed by atoms with Crippen LogP contribution in [-0.4, -0.2) is 27.5 Å². The molecule has 0 saturated carbocycles. The molecule has 3 aromatic rings. The van der Waals surface area contributed by atoms with Crippen LogP contribution in [-0.2, 0) is 21.1 Å². The van der Waals surface area contributed by atoms with Gasteiger partial charge in [-0.2, -0.15) is 0 Å². The lowest BCUT2D eigenvalue weighted by molar-refractivity contribution is -0.121. The summed E-state index contributed by atoms with van der Waals surface area (Å²) in [4.78, 5) is 12.3. The Morgan fingerprint density at radius 1 is 0.969 bits per heavy atom. The lowest BCUT2D eigenvalue weighted by Gasteiger charge is -2.19. The standard InChI is InChI=1S/C25H26FNO4S/c1-2-19-8-12-22(13-9-19)31-17-16-25(28)27-18-24(20-6-4-3-5-7-20)32(29,30)23-14-10-21(26)11-15-23/h3-15,24H,2,16-18H2,1H3,(H,27,28). The van der Waals surface area contributed by atoms with Gasteiger partial charge >= 0.3 is 0 Å². The van der Waals surface area contributed by atoms with E-state index in [-0.39, 0.29) is 30.4 Å². The Hall–Kier alpha value is -3.19. The number of benzene rings is 3. The third kappa shape index (κ3) is 6.17. The minimum absolute atomic E-state index is 0.000798. The topological polar surface area (TPSA) is 72.5 Å². The minimum atomic E-state index is -3.85. The number of halogens is 1. The van der Waals surface area contributed by atoms with Gasteiger partial charge in [0.2, 0.25) is 5.91 Å². The molecule has 1 amide bonds. The fourth-order valence-corrected chi connectivity index (χ4v) is 4.90. The summed E-state index contributed by atoms with van der Waals surface area (Å²) in [6.07, 6.45) is 1.03. The van der Waals surface area contributed by atoms with E-state index in [0.29, 0.717) is 11.3 Å². The van der Waals surface area contributed by atoms with Gasteiger partial charge in [-0.1, -0.05) is 49.4 Å². The number of nitrogens with one attached hydrogen (secondary N) is 1. The summed E-state index contributed by atoms with van der Waals surface area (Å²) in [6, 6.07) is 21.0. The highest BCUT2D eigenvalue weighted by atomic mass is 32.2. The van der Waals surface area contributed by atoms with Gasteiger partial charge in [0, 0.05) is 6.54 Å². The summed E-state index contributed by atoms with van der Waals surface area (Å²) in [5.41, 5.74) is 1.74. The molecule has 0 fully saturated rings. The molecule has 0 heterocycles. The molecular formula is C25H26FNO4S. The van der Waals surface area contributed by atoms with Crippen molar-refractivity contribution in [3.63, 3.8) is 0 Å². The van der Waals surface area contributed by atoms with Crippen LogP contribution in [0.5, 0.6) is 5.75 Å². The molecule has 7 heteroatoms. The zero-order chi connectivity index (χ0) is 23.0. The molecular weight excluding hydrogens is 429 g/mol. The van der Waals surface area contributed by atoms with Gasteiger partial charge in [-0.3, -0.25) is 4.79 Å². The zero-order valence-corrected chi connectivity index (χ0v) is 18.6. The predicted molar refractivity (Wildman–Crippen MR) is 122 cm³/mol. The minimum Gasteiger partial charge on any atom is -0.493 e. The van der Waals surface area contributed by atoms with E-state index in [1.807, 2.05) is 24.3 Å². The van der Waals surface area contributed by atoms with E-state index >= 15 is 0 Å². The van der Waals surface area contributed by atoms with E-state index in [1.165, 1.54) is 17.7 Å². The molecule has 3 rings (SSSR count). The highest BCUT2D eigenvalue weighted by molar-refractivity contribution is 7.91. The Morgan fingerprint density at radius 2 is 1.62 bits per heavy atom. The van der Waals surface area contributed by atoms with Crippen molar-refractivity contribution in [3.05, 3.63) is 95.8 Å². The van der Waals surface area contributed by atoms with E-state index in [1.54, 1.807) is 30.3 Å². The first-order valence-electron chi connectivity index (χ1n) is 10.4. The Morgan fingerprint density at radius 3 is 2.25 bits per heavy atom. The maximum atomic E-state index is 13.3. The van der Waals surface area contributed by atoms with Gasteiger partial charge in [-0.25, -0.2) is 12.8 Å². The van der Waals surface area contributed by atoms with Crippen LogP contribution in [0, 0.1) is 5.82 Å². The lowest BCUT2D eigenvalue weighted by atomic mass is 10.1. The summed E-state index contributed by atoms with van der Waals surface area (Å²) in [7, 11) is -3.85. The Bertz CT molecular complexity index is 1110. The molecule has 0 spiro atoms. The fraction of sp³-hybridized carbons (Fsp3) is 0.240. The van der Waals surface area contributed by atoms with E-state index in [2.05, 4.69) is 12.2 Å². The molecule has 1 atom stereocenters. The second kappa shape index (κ2) is 10.9. The Kier molecular flexibility index (Phi) is 8.00. The Labute approximate surface area is 188 Å². The van der Waals surface area contributed by atoms with Crippen molar-refractivity contribution in [2.45, 2.75) is 29.9 Å². The first-order chi connectivity index (χ1) is 15.4. The van der Waals surface area contributed by atoms with Gasteiger partial charge in [0.15, 0.2) is 9.84 Å². The molecule has 1 N–H and O–H groups in total. The number of hydrogen-bond donors (Lipinski definition) is 1. The second-order valence-corrected chi connectivity index (χ2v) is 9.43. The van der Waals surface area contributed by atoms with E-state index in [9.17, 15) is 17.6 Å². The van der Waals surface area contributed by atoms with Crippen LogP contribution >= 0.6 is 0 Å². The van der Waals surface area contributed by atoms with Crippen molar-refractivity contribution in [2.24, 2.45) is 0 Å². The zero-order valence-electron chi connectivity index (χ0n) is 17.8. The molecule has 0 aliphatic carbocycles. The Balaban J connectivity index is 1.63. The third-order valence-electron chi connectivity index (χ3n) is 5.10. The molecule has 0 bridgehead atoms. The van der Waals surface area contributed by atoms with E-state index in [4.69, 9.17) is 4.74 Å². The first kappa shape index (κ1) is 23.5. The van der Waals surface area contributed by atoms with Crippen molar-refractivity contribution >= 4 is 15.7 Å². The number of rotatable bonds is 10. The van der Waals surface area contributed by atoms with Crippen molar-refractivity contribution in [1.82, 2.24) is 5.32 Å². The number of hydrogen-bond acceptors (Lipinski definition) is 4. The second-order valence-electron chi connectivity index (χ2n) is 7.30. The summed E-state index contributed by atoms with van der Waals surface area (Å²) in [5.74, 6) is -0.153. The molecule has 0 aliphatic rings. The molecule has 0 saturated heterocycles. The summed E-state index contributed by atoms with van der Waals surface area (Å²) >= 11 is 0. The van der Waals surface area contributed by atoms with Crippen LogP contribution in [0.25, 0.3) is 0 Å². The van der Waals surface area contributed by atoms with E-state index < -0.39 is 20.9 Å². The fourth-order valence-electron chi connectivity index (χ4n) is 3.24. The predicted octanol–water partition coefficient (Wildman–Crippen LogP) is 4.49. The summed E-state index contributed by atoms with van der Waals surface area (Å²) < 4.78 is 45.3. The largest absolute Gasteiger partial charge is 0.493 e. The summed E-state index contributed by atoms with van der Waals surface area (Å²) in [6.45, 7) is 2.14. The number of aryl methyl sites for hydroxylation is 1. The molecule has 0 aromatic heterocycles. The van der Waals surface area contributed by atoms with Crippen LogP contribution in [0.15, 0.2) is 83.8 Å². The number of carbonyl (C=O) groups is 1. The molecule has 0 aliphatic heterocycles. The van der Waals surface area contributed by atoms with Gasteiger partial charge in [-0.15, -0.1) is 0 Å². The number of carbonyl (C=O) groups excluding carboxylic acids is 1. The average Bonchev–Trinajstić information content (AvgIpc) is 2.80. The van der Waals surface area contributed by atoms with Crippen LogP contribution in [0.3, 0.4) is 0 Å². The van der Waals surface area contributed by atoms with Gasteiger partial charge < -0.3 is 10.1 Å². The van der Waals surface area contributed by atoms with Gasteiger partial charge in [0.05, 0.1) is 17.9 Å². The monoisotopic (exact) mass is 455 g/mol. The van der Waals surface area contributed by atoms with Crippen LogP contribution in [0.1, 0.15) is 29.7 Å². The molecule has 0 radical (unpaired) electrons. The van der Waals surface area contributed by atoms with Gasteiger partial charge in [0.25, 0.3) is 0 Å². The van der Waals surface area contributed by atoms with Crippen LogP contribution < -0.4 is 10.1 Å². The first-order valence-corrected chi connectivity index (χ1v) is 12.0. The smallest absolute Gasteiger partial charge is 0.223 e. The van der Waals surface area contributed by atoms with Crippen LogP contribution in [0.2, 0.25) is 0 Å². The van der Waals surface area contributed by atoms with Gasteiger partial charge in [-0.05, 0) is 53.9 Å². The maximum absolute atomic E-state index is 13.3. The molecule has 1 unspecified atom stereocenters. The number of sulfone groups is 1. The average molecular weight is 456 g/mol. The van der Waals surface area contributed by atoms with E-state index in [0.717, 1.165) is 18.6 Å². The van der Waals surface area contributed by atoms with Crippen molar-refractivity contribution in [1.29, 1.82) is 0 Å². The number of ether oxygens (including phenoxy) is 1. The SMILES string of the molecule is CCc1ccc(OCCC(=O)NCC(c2ccccc2)S(=O)(=O)c2ccc(F)cc2)cc1. The molecule has 32 heavy (non-hydrogen) atoms. The van der Waals surface area contributed by atoms with Crippen LogP contribution in [0.4, 0.5) is 4.39 Å². The van der Waals surface area contributed by atoms with Crippen molar-refractivity contribution < 1.29 is 22.3 Å². The number of amides is 1. The molecule has 168 valence electrons. The third-order valence-corrected chi connectivity index (χ3v) is 7.22. The summed E-state index contributed by atoms with van der Waals surface area (Å²) in [5, 5.41) is 1.70. The lowest BCUT2D eigenvalue weighted by Crippen LogP contribution is -2.32. The quantitative estimate of drug-likeness (QED) is 0.457. The maximum Gasteiger partial charge on any atom is 0.223 e. The molecule has 3 aromatic carbocycles. The highest BCUT2D eigenvalue weighted by Gasteiger charge is 2.29. The van der Waals surface area contributed by atoms with Gasteiger partial charge in [0.1, 0.15) is 16.8 Å².